The lowest BCUT2D eigenvalue weighted by molar-refractivity contribution is -0.141. The largest absolute Gasteiger partial charge is 0.457 e. The quantitative estimate of drug-likeness (QED) is 0.181. The number of hydrogen-bond acceptors (Lipinski definition) is 8. The number of benzene rings is 2. The maximum atomic E-state index is 15.7. The number of nitrogens with zero attached hydrogens (tertiary/aromatic N) is 6. The van der Waals surface area contributed by atoms with E-state index in [1.807, 2.05) is 26.0 Å². The third-order valence-corrected chi connectivity index (χ3v) is 10.5. The number of likely N-dealkylation sites (tertiary alicyclic amines) is 2. The van der Waals surface area contributed by atoms with E-state index in [2.05, 4.69) is 30.3 Å². The van der Waals surface area contributed by atoms with Gasteiger partial charge in [0.1, 0.15) is 23.5 Å². The number of amides is 1. The van der Waals surface area contributed by atoms with Crippen LogP contribution in [0.15, 0.2) is 65.7 Å². The molecule has 2 aliphatic heterocycles. The van der Waals surface area contributed by atoms with E-state index in [0.717, 1.165) is 53.9 Å². The van der Waals surface area contributed by atoms with E-state index >= 15 is 8.78 Å². The second-order valence-electron chi connectivity index (χ2n) is 14.7. The predicted molar refractivity (Wildman–Crippen MR) is 191 cm³/mol. The summed E-state index contributed by atoms with van der Waals surface area (Å²) in [7, 11) is 0. The zero-order valence-electron chi connectivity index (χ0n) is 30.0. The van der Waals surface area contributed by atoms with Crippen LogP contribution in [-0.4, -0.2) is 85.9 Å². The highest BCUT2D eigenvalue weighted by Gasteiger charge is 2.38. The van der Waals surface area contributed by atoms with Gasteiger partial charge in [0.05, 0.1) is 35.7 Å². The minimum absolute atomic E-state index is 0.0194. The molecule has 0 spiro atoms. The van der Waals surface area contributed by atoms with Crippen LogP contribution in [0.3, 0.4) is 0 Å². The van der Waals surface area contributed by atoms with E-state index in [9.17, 15) is 22.8 Å². The summed E-state index contributed by atoms with van der Waals surface area (Å²) in [6.45, 7) is 6.27. The molecule has 7 rings (SSSR count). The van der Waals surface area contributed by atoms with E-state index in [4.69, 9.17) is 4.74 Å². The molecule has 2 aromatic carbocycles. The zero-order valence-corrected chi connectivity index (χ0v) is 30.0. The third-order valence-electron chi connectivity index (χ3n) is 10.5. The van der Waals surface area contributed by atoms with Crippen molar-refractivity contribution in [2.45, 2.75) is 88.9 Å². The van der Waals surface area contributed by atoms with Crippen LogP contribution >= 0.6 is 0 Å². The molecule has 286 valence electrons. The van der Waals surface area contributed by atoms with Crippen molar-refractivity contribution in [2.75, 3.05) is 26.2 Å². The van der Waals surface area contributed by atoms with Gasteiger partial charge in [0.25, 0.3) is 11.5 Å². The molecule has 2 unspecified atom stereocenters. The molecule has 1 saturated carbocycles. The van der Waals surface area contributed by atoms with Crippen molar-refractivity contribution in [2.24, 2.45) is 0 Å². The van der Waals surface area contributed by atoms with E-state index in [1.165, 1.54) is 12.8 Å². The first-order chi connectivity index (χ1) is 25.8. The number of hydrogen-bond donors (Lipinski definition) is 1. The van der Waals surface area contributed by atoms with Crippen LogP contribution in [0, 0.1) is 5.82 Å². The Morgan fingerprint density at radius 1 is 0.944 bits per heavy atom. The summed E-state index contributed by atoms with van der Waals surface area (Å²) in [4.78, 5) is 33.9. The number of aromatic nitrogens is 4. The number of halogens is 5. The van der Waals surface area contributed by atoms with E-state index in [-0.39, 0.29) is 35.6 Å². The highest BCUT2D eigenvalue weighted by molar-refractivity contribution is 5.95. The van der Waals surface area contributed by atoms with Gasteiger partial charge in [-0.15, -0.1) is 0 Å². The van der Waals surface area contributed by atoms with Crippen LogP contribution in [-0.2, 0) is 12.7 Å². The van der Waals surface area contributed by atoms with Gasteiger partial charge in [0, 0.05) is 42.5 Å². The predicted octanol–water partition coefficient (Wildman–Crippen LogP) is 6.59. The number of carbonyl (C=O) groups is 1. The number of nitrogens with one attached hydrogen (secondary N) is 1. The number of ether oxygens (including phenoxy) is 1. The molecule has 2 aromatic heterocycles. The topological polar surface area (TPSA) is 105 Å². The molecule has 0 bridgehead atoms. The molecule has 2 saturated heterocycles. The lowest BCUT2D eigenvalue weighted by Crippen LogP contribution is -2.56. The molecule has 4 heterocycles. The number of alkyl halides is 4. The Morgan fingerprint density at radius 3 is 2.28 bits per heavy atom. The van der Waals surface area contributed by atoms with Gasteiger partial charge in [-0.3, -0.25) is 14.5 Å². The Morgan fingerprint density at radius 2 is 1.65 bits per heavy atom. The van der Waals surface area contributed by atoms with Crippen LogP contribution in [0.2, 0.25) is 0 Å². The SMILES string of the molecule is CC(C)c1ccc(-c2ccc(Oc3cc(C(=O)NC4CCN(C5CCN(C6CC6)CC5)CC4F)c(F)cc3Cn3cc(C(F)(F)F)ncc3=O)cc2)nn1. The maximum absolute atomic E-state index is 15.7. The van der Waals surface area contributed by atoms with Crippen LogP contribution in [0.5, 0.6) is 11.5 Å². The van der Waals surface area contributed by atoms with Crippen molar-refractivity contribution in [3.63, 3.8) is 0 Å². The van der Waals surface area contributed by atoms with Crippen molar-refractivity contribution in [1.29, 1.82) is 0 Å². The van der Waals surface area contributed by atoms with Crippen molar-refractivity contribution in [3.8, 4) is 22.8 Å². The molecule has 2 atom stereocenters. The summed E-state index contributed by atoms with van der Waals surface area (Å²) in [5.41, 5.74) is -0.454. The van der Waals surface area contributed by atoms with Gasteiger partial charge in [0.15, 0.2) is 5.69 Å². The first-order valence-electron chi connectivity index (χ1n) is 18.3. The Kier molecular flexibility index (Phi) is 10.8. The lowest BCUT2D eigenvalue weighted by Gasteiger charge is -2.43. The summed E-state index contributed by atoms with van der Waals surface area (Å²) < 4.78 is 78.5. The molecular formula is C39H42F5N7O3. The van der Waals surface area contributed by atoms with E-state index < -0.39 is 53.5 Å². The van der Waals surface area contributed by atoms with Crippen LogP contribution in [0.25, 0.3) is 11.3 Å². The second kappa shape index (κ2) is 15.5. The summed E-state index contributed by atoms with van der Waals surface area (Å²) in [6, 6.07) is 12.6. The first-order valence-corrected chi connectivity index (χ1v) is 18.3. The smallest absolute Gasteiger partial charge is 0.434 e. The van der Waals surface area contributed by atoms with Gasteiger partial charge in [-0.2, -0.15) is 23.4 Å². The molecule has 3 aliphatic rings. The van der Waals surface area contributed by atoms with Crippen LogP contribution in [0.4, 0.5) is 22.0 Å². The molecule has 0 radical (unpaired) electrons. The maximum Gasteiger partial charge on any atom is 0.434 e. The molecule has 1 N–H and O–H groups in total. The third kappa shape index (κ3) is 8.62. The molecule has 15 heteroatoms. The lowest BCUT2D eigenvalue weighted by atomic mass is 9.96. The first kappa shape index (κ1) is 37.6. The van der Waals surface area contributed by atoms with Crippen LogP contribution < -0.4 is 15.6 Å². The van der Waals surface area contributed by atoms with Gasteiger partial charge in [-0.25, -0.2) is 13.8 Å². The van der Waals surface area contributed by atoms with Crippen molar-refractivity contribution in [1.82, 2.24) is 34.9 Å². The summed E-state index contributed by atoms with van der Waals surface area (Å²) >= 11 is 0. The number of rotatable bonds is 10. The Labute approximate surface area is 309 Å². The fourth-order valence-corrected chi connectivity index (χ4v) is 7.23. The number of carbonyl (C=O) groups excluding carboxylic acids is 1. The minimum Gasteiger partial charge on any atom is -0.457 e. The Balaban J connectivity index is 1.10. The van der Waals surface area contributed by atoms with Gasteiger partial charge < -0.3 is 19.5 Å². The average molecular weight is 752 g/mol. The van der Waals surface area contributed by atoms with Crippen molar-refractivity contribution < 1.29 is 31.5 Å². The highest BCUT2D eigenvalue weighted by Crippen LogP contribution is 2.33. The highest BCUT2D eigenvalue weighted by atomic mass is 19.4. The molecule has 1 amide bonds. The van der Waals surface area contributed by atoms with Gasteiger partial charge in [0.2, 0.25) is 0 Å². The zero-order chi connectivity index (χ0) is 38.1. The fourth-order valence-electron chi connectivity index (χ4n) is 7.23. The molecule has 3 fully saturated rings. The molecule has 54 heavy (non-hydrogen) atoms. The van der Waals surface area contributed by atoms with Crippen LogP contribution in [0.1, 0.15) is 79.2 Å². The van der Waals surface area contributed by atoms with Crippen molar-refractivity contribution in [3.05, 3.63) is 99.6 Å². The van der Waals surface area contributed by atoms with Gasteiger partial charge in [-0.1, -0.05) is 13.8 Å². The second-order valence-corrected chi connectivity index (χ2v) is 14.7. The molecular weight excluding hydrogens is 709 g/mol. The minimum atomic E-state index is -4.83. The summed E-state index contributed by atoms with van der Waals surface area (Å²) in [5.74, 6) is -1.50. The number of piperidine rings is 2. The molecule has 1 aliphatic carbocycles. The fraction of sp³-hybridized carbons (Fsp3) is 0.462. The summed E-state index contributed by atoms with van der Waals surface area (Å²) in [6.07, 6.45) is -0.314. The van der Waals surface area contributed by atoms with Gasteiger partial charge in [-0.05, 0) is 99.6 Å². The normalized spacial score (nSPS) is 20.3. The average Bonchev–Trinajstić information content (AvgIpc) is 4.00. The Hall–Kier alpha value is -4.76. The van der Waals surface area contributed by atoms with E-state index in [0.29, 0.717) is 37.1 Å². The Bertz CT molecular complexity index is 2010. The molecule has 10 nitrogen and oxygen atoms in total. The van der Waals surface area contributed by atoms with E-state index in [1.54, 1.807) is 24.3 Å². The molecule has 4 aromatic rings. The van der Waals surface area contributed by atoms with Crippen molar-refractivity contribution >= 4 is 5.91 Å². The standard InChI is InChI=1S/C39H42F5N7O3/c1-23(2)32-9-10-33(48-47-32)24-3-7-28(8-4-24)54-35-18-29(30(40)17-25(35)20-51-22-36(39(42,43)44)45-19-37(51)52)38(53)46-34-13-16-50(21-31(34)41)27-11-14-49(15-12-27)26-5-6-26/h3-4,7-10,17-19,22-23,26-27,31,34H,5-6,11-16,20-21H2,1-2H3,(H,46,53). The van der Waals surface area contributed by atoms with Gasteiger partial charge >= 0.3 is 6.18 Å². The monoisotopic (exact) mass is 751 g/mol. The summed E-state index contributed by atoms with van der Waals surface area (Å²) in [5, 5.41) is 11.2.